The molecule has 2 aromatic rings. The summed E-state index contributed by atoms with van der Waals surface area (Å²) in [7, 11) is 0. The number of anilines is 1. The average Bonchev–Trinajstić information content (AvgIpc) is 3.02. The summed E-state index contributed by atoms with van der Waals surface area (Å²) >= 11 is 0.939. The number of nitrogens with one attached hydrogen (secondary N) is 1. The lowest BCUT2D eigenvalue weighted by molar-refractivity contribution is -0.162. The number of thiazole rings is 1. The number of carbonyl (C=O) groups excluding carboxylic acids is 2. The maximum absolute atomic E-state index is 12.8. The third kappa shape index (κ3) is 5.60. The first-order valence-corrected chi connectivity index (χ1v) is 8.99. The first kappa shape index (κ1) is 20.5. The molecule has 0 fully saturated rings. The molecule has 0 saturated carbocycles. The van der Waals surface area contributed by atoms with E-state index in [1.165, 1.54) is 5.38 Å². The molecule has 144 valence electrons. The van der Waals surface area contributed by atoms with E-state index >= 15 is 0 Å². The Balaban J connectivity index is 2.28. The second-order valence-electron chi connectivity index (χ2n) is 6.78. The molecule has 2 rings (SSSR count). The van der Waals surface area contributed by atoms with Gasteiger partial charge in [0.15, 0.2) is 16.7 Å². The van der Waals surface area contributed by atoms with Gasteiger partial charge in [0.2, 0.25) is 5.91 Å². The molecular weight excluding hydrogens is 370 g/mol. The number of hydrogen-bond acceptors (Lipinski definition) is 7. The minimum Gasteiger partial charge on any atom is -0.476 e. The van der Waals surface area contributed by atoms with Crippen molar-refractivity contribution in [3.05, 3.63) is 47.0 Å². The van der Waals surface area contributed by atoms with E-state index in [-0.39, 0.29) is 10.8 Å². The van der Waals surface area contributed by atoms with E-state index in [0.29, 0.717) is 5.56 Å². The van der Waals surface area contributed by atoms with Crippen molar-refractivity contribution >= 4 is 34.3 Å². The van der Waals surface area contributed by atoms with Gasteiger partial charge < -0.3 is 20.9 Å². The Morgan fingerprint density at radius 2 is 1.85 bits per heavy atom. The van der Waals surface area contributed by atoms with Crippen molar-refractivity contribution in [3.8, 4) is 0 Å². The van der Waals surface area contributed by atoms with E-state index in [1.807, 2.05) is 0 Å². The molecule has 0 spiro atoms. The fourth-order valence-corrected chi connectivity index (χ4v) is 2.95. The fraction of sp³-hybridized carbons (Fsp3) is 0.333. The molecule has 0 radical (unpaired) electrons. The summed E-state index contributed by atoms with van der Waals surface area (Å²) in [5.41, 5.74) is 5.79. The number of carboxylic acids is 1. The molecule has 2 atom stereocenters. The number of nitrogens with zero attached hydrogens (tertiary/aromatic N) is 1. The molecule has 1 aromatic carbocycles. The van der Waals surface area contributed by atoms with Crippen LogP contribution in [0.4, 0.5) is 5.13 Å². The van der Waals surface area contributed by atoms with Gasteiger partial charge in [0.25, 0.3) is 0 Å². The van der Waals surface area contributed by atoms with Gasteiger partial charge in [-0.15, -0.1) is 11.3 Å². The Morgan fingerprint density at radius 1 is 1.22 bits per heavy atom. The molecule has 0 bridgehead atoms. The van der Waals surface area contributed by atoms with Crippen LogP contribution < -0.4 is 11.1 Å². The number of ether oxygens (including phenoxy) is 1. The third-order valence-corrected chi connectivity index (χ3v) is 4.20. The summed E-state index contributed by atoms with van der Waals surface area (Å²) in [6.45, 7) is 5.07. The van der Waals surface area contributed by atoms with Gasteiger partial charge in [0, 0.05) is 5.38 Å². The number of carboxylic acid groups (broad SMARTS) is 1. The van der Waals surface area contributed by atoms with Crippen LogP contribution in [-0.4, -0.2) is 33.5 Å². The van der Waals surface area contributed by atoms with E-state index in [4.69, 9.17) is 15.6 Å². The Kier molecular flexibility index (Phi) is 6.29. The number of hydrogen-bond donors (Lipinski definition) is 3. The number of aromatic nitrogens is 1. The lowest BCUT2D eigenvalue weighted by atomic mass is 9.92. The normalized spacial score (nSPS) is 13.5. The van der Waals surface area contributed by atoms with Crippen molar-refractivity contribution in [2.75, 3.05) is 5.32 Å². The summed E-state index contributed by atoms with van der Waals surface area (Å²) in [5, 5.41) is 12.7. The van der Waals surface area contributed by atoms with Crippen LogP contribution in [0.2, 0.25) is 0 Å². The smallest absolute Gasteiger partial charge is 0.355 e. The predicted octanol–water partition coefficient (Wildman–Crippen LogP) is 2.44. The second kappa shape index (κ2) is 8.28. The minimum absolute atomic E-state index is 0.0613. The van der Waals surface area contributed by atoms with Gasteiger partial charge in [-0.05, 0) is 26.3 Å². The lowest BCUT2D eigenvalue weighted by Gasteiger charge is -2.26. The third-order valence-electron chi connectivity index (χ3n) is 3.44. The maximum Gasteiger partial charge on any atom is 0.355 e. The van der Waals surface area contributed by atoms with Gasteiger partial charge in [-0.2, -0.15) is 0 Å². The summed E-state index contributed by atoms with van der Waals surface area (Å²) < 4.78 is 5.35. The van der Waals surface area contributed by atoms with Crippen LogP contribution in [0.1, 0.15) is 42.9 Å². The Bertz CT molecular complexity index is 829. The van der Waals surface area contributed by atoms with Crippen LogP contribution >= 0.6 is 11.3 Å². The van der Waals surface area contributed by atoms with Gasteiger partial charge in [0.05, 0.1) is 6.04 Å². The van der Waals surface area contributed by atoms with Crippen LogP contribution in [0.3, 0.4) is 0 Å². The number of aromatic carboxylic acids is 1. The quantitative estimate of drug-likeness (QED) is 0.509. The largest absolute Gasteiger partial charge is 0.476 e. The fourth-order valence-electron chi connectivity index (χ4n) is 2.26. The molecule has 8 nitrogen and oxygen atoms in total. The molecule has 2 unspecified atom stereocenters. The SMILES string of the molecule is CC(C)(C)OC(=O)C(C(=O)Nc1nc(C(=O)O)cs1)C(N)c1ccccc1. The average molecular weight is 391 g/mol. The van der Waals surface area contributed by atoms with Crippen LogP contribution in [0.5, 0.6) is 0 Å². The van der Waals surface area contributed by atoms with Crippen LogP contribution in [0.15, 0.2) is 35.7 Å². The van der Waals surface area contributed by atoms with Gasteiger partial charge in [-0.25, -0.2) is 9.78 Å². The Morgan fingerprint density at radius 3 is 2.37 bits per heavy atom. The number of amides is 1. The van der Waals surface area contributed by atoms with Crippen molar-refractivity contribution in [3.63, 3.8) is 0 Å². The van der Waals surface area contributed by atoms with Crippen LogP contribution in [-0.2, 0) is 14.3 Å². The zero-order chi connectivity index (χ0) is 20.2. The zero-order valence-electron chi connectivity index (χ0n) is 15.1. The maximum atomic E-state index is 12.8. The molecule has 9 heteroatoms. The lowest BCUT2D eigenvalue weighted by Crippen LogP contribution is -2.41. The Labute approximate surface area is 160 Å². The highest BCUT2D eigenvalue weighted by molar-refractivity contribution is 7.14. The van der Waals surface area contributed by atoms with Crippen molar-refractivity contribution in [2.24, 2.45) is 11.7 Å². The summed E-state index contributed by atoms with van der Waals surface area (Å²) in [5.74, 6) is -4.03. The van der Waals surface area contributed by atoms with Gasteiger partial charge in [-0.3, -0.25) is 9.59 Å². The van der Waals surface area contributed by atoms with E-state index < -0.39 is 35.4 Å². The minimum atomic E-state index is -1.33. The van der Waals surface area contributed by atoms with Crippen molar-refractivity contribution in [1.82, 2.24) is 4.98 Å². The van der Waals surface area contributed by atoms with Crippen molar-refractivity contribution < 1.29 is 24.2 Å². The zero-order valence-corrected chi connectivity index (χ0v) is 15.9. The van der Waals surface area contributed by atoms with Gasteiger partial charge in [0.1, 0.15) is 5.60 Å². The molecular formula is C18H21N3O5S. The molecule has 0 saturated heterocycles. The van der Waals surface area contributed by atoms with E-state index in [9.17, 15) is 14.4 Å². The molecule has 0 aliphatic heterocycles. The first-order valence-electron chi connectivity index (χ1n) is 8.11. The number of esters is 1. The number of rotatable bonds is 6. The van der Waals surface area contributed by atoms with Crippen LogP contribution in [0.25, 0.3) is 0 Å². The molecule has 4 N–H and O–H groups in total. The monoisotopic (exact) mass is 391 g/mol. The Hall–Kier alpha value is -2.78. The van der Waals surface area contributed by atoms with Crippen LogP contribution in [0, 0.1) is 5.92 Å². The molecule has 0 aliphatic carbocycles. The molecule has 1 heterocycles. The highest BCUT2D eigenvalue weighted by Crippen LogP contribution is 2.25. The first-order chi connectivity index (χ1) is 12.6. The van der Waals surface area contributed by atoms with E-state index in [2.05, 4.69) is 10.3 Å². The number of nitrogens with two attached hydrogens (primary N) is 1. The highest BCUT2D eigenvalue weighted by atomic mass is 32.1. The summed E-state index contributed by atoms with van der Waals surface area (Å²) in [6.07, 6.45) is 0. The topological polar surface area (TPSA) is 132 Å². The summed E-state index contributed by atoms with van der Waals surface area (Å²) in [4.78, 5) is 40.1. The molecule has 27 heavy (non-hydrogen) atoms. The van der Waals surface area contributed by atoms with Gasteiger partial charge in [-0.1, -0.05) is 30.3 Å². The number of carbonyl (C=O) groups is 3. The second-order valence-corrected chi connectivity index (χ2v) is 7.64. The standard InChI is InChI=1S/C18H21N3O5S/c1-18(2,3)26-16(25)12(13(19)10-7-5-4-6-8-10)14(22)21-17-20-11(9-27-17)15(23)24/h4-9,12-13H,19H2,1-3H3,(H,23,24)(H,20,21,22). The molecule has 1 aromatic heterocycles. The number of benzene rings is 1. The highest BCUT2D eigenvalue weighted by Gasteiger charge is 2.37. The predicted molar refractivity (Wildman–Crippen MR) is 100 cm³/mol. The van der Waals surface area contributed by atoms with Gasteiger partial charge >= 0.3 is 11.9 Å². The van der Waals surface area contributed by atoms with Crippen molar-refractivity contribution in [1.29, 1.82) is 0 Å². The molecule has 0 aliphatic rings. The van der Waals surface area contributed by atoms with E-state index in [1.54, 1.807) is 51.1 Å². The molecule has 1 amide bonds. The van der Waals surface area contributed by atoms with E-state index in [0.717, 1.165) is 11.3 Å². The summed E-state index contributed by atoms with van der Waals surface area (Å²) in [6, 6.07) is 7.77. The van der Waals surface area contributed by atoms with Crippen molar-refractivity contribution in [2.45, 2.75) is 32.4 Å².